The first-order valence-electron chi connectivity index (χ1n) is 7.70. The lowest BCUT2D eigenvalue weighted by atomic mass is 10.1. The van der Waals surface area contributed by atoms with Crippen LogP contribution in [0.4, 0.5) is 9.59 Å². The largest absolute Gasteiger partial charge is 0.445 e. The molecular formula is C15H15N5O6S. The number of carbonyl (C=O) groups is 3. The standard InChI is InChI=1S/C15H15N5O6S/c21-13-12(17-15(23)26-9-11-4-2-1-3-5-11)8-20(13)14(22)18-27(24,25)19-7-6-16-10-19/h1-7,10,12H,8-9H2,(H,17,23)(H,18,22)/t12-/m0/s1. The van der Waals surface area contributed by atoms with Gasteiger partial charge in [0.15, 0.2) is 0 Å². The van der Waals surface area contributed by atoms with Gasteiger partial charge >= 0.3 is 22.3 Å². The molecule has 0 aliphatic carbocycles. The second-order valence-electron chi connectivity index (χ2n) is 5.51. The number of amides is 4. The van der Waals surface area contributed by atoms with Crippen LogP contribution in [0, 0.1) is 0 Å². The number of imidazole rings is 1. The Kier molecular flexibility index (Phi) is 5.07. The van der Waals surface area contributed by atoms with E-state index in [9.17, 15) is 22.8 Å². The van der Waals surface area contributed by atoms with Crippen LogP contribution in [-0.2, 0) is 26.3 Å². The highest BCUT2D eigenvalue weighted by atomic mass is 32.2. The summed E-state index contributed by atoms with van der Waals surface area (Å²) >= 11 is 0. The number of alkyl carbamates (subject to hydrolysis) is 1. The number of benzene rings is 1. The van der Waals surface area contributed by atoms with Gasteiger partial charge in [0.05, 0.1) is 6.54 Å². The van der Waals surface area contributed by atoms with Crippen molar-refractivity contribution in [3.63, 3.8) is 0 Å². The van der Waals surface area contributed by atoms with Crippen molar-refractivity contribution in [2.45, 2.75) is 12.6 Å². The van der Waals surface area contributed by atoms with Crippen LogP contribution in [0.25, 0.3) is 0 Å². The maximum atomic E-state index is 12.0. The van der Waals surface area contributed by atoms with E-state index in [1.54, 1.807) is 29.0 Å². The van der Waals surface area contributed by atoms with Gasteiger partial charge in [-0.2, -0.15) is 8.42 Å². The first-order valence-corrected chi connectivity index (χ1v) is 9.14. The van der Waals surface area contributed by atoms with Crippen LogP contribution in [0.2, 0.25) is 0 Å². The predicted molar refractivity (Wildman–Crippen MR) is 90.3 cm³/mol. The van der Waals surface area contributed by atoms with Gasteiger partial charge in [0.2, 0.25) is 0 Å². The number of likely N-dealkylation sites (tertiary alicyclic amines) is 1. The molecule has 1 aliphatic heterocycles. The highest BCUT2D eigenvalue weighted by molar-refractivity contribution is 7.88. The fraction of sp³-hybridized carbons (Fsp3) is 0.200. The molecule has 1 aliphatic rings. The number of urea groups is 1. The Morgan fingerprint density at radius 3 is 2.63 bits per heavy atom. The average molecular weight is 393 g/mol. The second-order valence-corrected chi connectivity index (χ2v) is 7.09. The lowest BCUT2D eigenvalue weighted by Gasteiger charge is -2.36. The summed E-state index contributed by atoms with van der Waals surface area (Å²) in [7, 11) is -4.19. The highest BCUT2D eigenvalue weighted by Gasteiger charge is 2.43. The zero-order valence-corrected chi connectivity index (χ0v) is 14.6. The van der Waals surface area contributed by atoms with E-state index in [0.29, 0.717) is 8.87 Å². The molecule has 0 saturated carbocycles. The smallest absolute Gasteiger partial charge is 0.408 e. The van der Waals surface area contributed by atoms with E-state index < -0.39 is 34.3 Å². The van der Waals surface area contributed by atoms with Crippen molar-refractivity contribution in [1.29, 1.82) is 0 Å². The van der Waals surface area contributed by atoms with E-state index in [0.717, 1.165) is 18.1 Å². The number of hydrogen-bond acceptors (Lipinski definition) is 7. The lowest BCUT2D eigenvalue weighted by molar-refractivity contribution is -0.139. The molecule has 3 rings (SSSR count). The molecule has 12 heteroatoms. The van der Waals surface area contributed by atoms with Crippen molar-refractivity contribution in [1.82, 2.24) is 23.9 Å². The Morgan fingerprint density at radius 2 is 2.00 bits per heavy atom. The number of hydrogen-bond donors (Lipinski definition) is 2. The van der Waals surface area contributed by atoms with Gasteiger partial charge in [0, 0.05) is 12.4 Å². The van der Waals surface area contributed by atoms with Crippen molar-refractivity contribution in [3.8, 4) is 0 Å². The monoisotopic (exact) mass is 393 g/mol. The van der Waals surface area contributed by atoms with Gasteiger partial charge in [-0.15, -0.1) is 0 Å². The van der Waals surface area contributed by atoms with Crippen molar-refractivity contribution >= 4 is 28.2 Å². The van der Waals surface area contributed by atoms with Crippen LogP contribution in [0.5, 0.6) is 0 Å². The molecule has 1 atom stereocenters. The van der Waals surface area contributed by atoms with Crippen LogP contribution in [0.3, 0.4) is 0 Å². The SMILES string of the molecule is O=C(N[C@H]1CN(C(=O)NS(=O)(=O)n2ccnc2)C1=O)OCc1ccccc1. The number of nitrogens with one attached hydrogen (secondary N) is 2. The molecule has 27 heavy (non-hydrogen) atoms. The minimum absolute atomic E-state index is 0.0287. The molecule has 0 unspecified atom stereocenters. The Bertz CT molecular complexity index is 944. The summed E-state index contributed by atoms with van der Waals surface area (Å²) in [5.41, 5.74) is 0.776. The molecule has 1 aromatic heterocycles. The molecule has 0 spiro atoms. The molecule has 142 valence electrons. The summed E-state index contributed by atoms with van der Waals surface area (Å²) in [6.07, 6.45) is 2.52. The Balaban J connectivity index is 1.47. The first-order chi connectivity index (χ1) is 12.9. The van der Waals surface area contributed by atoms with Gasteiger partial charge in [-0.25, -0.2) is 23.3 Å². The van der Waals surface area contributed by atoms with Gasteiger partial charge in [0.25, 0.3) is 5.91 Å². The summed E-state index contributed by atoms with van der Waals surface area (Å²) in [4.78, 5) is 39.8. The van der Waals surface area contributed by atoms with Gasteiger partial charge in [-0.3, -0.25) is 9.69 Å². The Hall–Kier alpha value is -3.41. The van der Waals surface area contributed by atoms with Crippen LogP contribution in [0.1, 0.15) is 5.56 Å². The predicted octanol–water partition coefficient (Wildman–Crippen LogP) is -0.177. The Labute approximate surface area is 154 Å². The maximum absolute atomic E-state index is 12.0. The maximum Gasteiger partial charge on any atom is 0.408 e. The number of nitrogens with zero attached hydrogens (tertiary/aromatic N) is 3. The molecule has 2 aromatic rings. The van der Waals surface area contributed by atoms with Crippen LogP contribution >= 0.6 is 0 Å². The van der Waals surface area contributed by atoms with Gasteiger partial charge in [-0.1, -0.05) is 30.3 Å². The minimum atomic E-state index is -4.19. The van der Waals surface area contributed by atoms with Gasteiger partial charge in [0.1, 0.15) is 19.0 Å². The summed E-state index contributed by atoms with van der Waals surface area (Å²) in [5, 5.41) is 2.31. The van der Waals surface area contributed by atoms with Crippen LogP contribution < -0.4 is 10.0 Å². The number of imide groups is 1. The van der Waals surface area contributed by atoms with Crippen LogP contribution in [0.15, 0.2) is 49.1 Å². The summed E-state index contributed by atoms with van der Waals surface area (Å²) in [6.45, 7) is -0.147. The molecule has 1 aromatic carbocycles. The molecular weight excluding hydrogens is 378 g/mol. The lowest BCUT2D eigenvalue weighted by Crippen LogP contribution is -2.67. The second kappa shape index (κ2) is 7.45. The summed E-state index contributed by atoms with van der Waals surface area (Å²) in [5.74, 6) is -0.745. The van der Waals surface area contributed by atoms with Gasteiger partial charge in [-0.05, 0) is 5.56 Å². The minimum Gasteiger partial charge on any atom is -0.445 e. The van der Waals surface area contributed by atoms with Crippen molar-refractivity contribution in [2.75, 3.05) is 6.54 Å². The highest BCUT2D eigenvalue weighted by Crippen LogP contribution is 2.11. The molecule has 0 bridgehead atoms. The Morgan fingerprint density at radius 1 is 1.26 bits per heavy atom. The normalized spacial score (nSPS) is 16.4. The summed E-state index contributed by atoms with van der Waals surface area (Å²) < 4.78 is 31.2. The number of rotatable bonds is 5. The third kappa shape index (κ3) is 4.23. The zero-order chi connectivity index (χ0) is 19.4. The number of ether oxygens (including phenoxy) is 1. The van der Waals surface area contributed by atoms with Crippen molar-refractivity contribution < 1.29 is 27.5 Å². The van der Waals surface area contributed by atoms with E-state index in [4.69, 9.17) is 4.74 Å². The third-order valence-corrected chi connectivity index (χ3v) is 4.86. The molecule has 2 heterocycles. The van der Waals surface area contributed by atoms with Gasteiger partial charge < -0.3 is 10.1 Å². The van der Waals surface area contributed by atoms with E-state index in [2.05, 4.69) is 10.3 Å². The molecule has 1 fully saturated rings. The van der Waals surface area contributed by atoms with E-state index in [-0.39, 0.29) is 13.2 Å². The molecule has 0 radical (unpaired) electrons. The fourth-order valence-electron chi connectivity index (χ4n) is 2.23. The first kappa shape index (κ1) is 18.4. The molecule has 2 N–H and O–H groups in total. The third-order valence-electron chi connectivity index (χ3n) is 3.65. The molecule has 4 amide bonds. The molecule has 11 nitrogen and oxygen atoms in total. The number of aromatic nitrogens is 2. The quantitative estimate of drug-likeness (QED) is 0.672. The van der Waals surface area contributed by atoms with Crippen molar-refractivity contribution in [2.24, 2.45) is 0 Å². The van der Waals surface area contributed by atoms with E-state index in [1.807, 2.05) is 6.07 Å². The van der Waals surface area contributed by atoms with E-state index in [1.165, 1.54) is 6.20 Å². The number of carbonyl (C=O) groups excluding carboxylic acids is 3. The number of β-lactam (4-membered cyclic amide) rings is 1. The summed E-state index contributed by atoms with van der Waals surface area (Å²) in [6, 6.07) is 6.87. The van der Waals surface area contributed by atoms with E-state index >= 15 is 0 Å². The zero-order valence-electron chi connectivity index (χ0n) is 13.8. The van der Waals surface area contributed by atoms with Crippen molar-refractivity contribution in [3.05, 3.63) is 54.6 Å². The average Bonchev–Trinajstić information content (AvgIpc) is 3.19. The van der Waals surface area contributed by atoms with Crippen LogP contribution in [-0.4, -0.2) is 52.9 Å². The fourth-order valence-corrected chi connectivity index (χ4v) is 3.06. The molecule has 1 saturated heterocycles. The topological polar surface area (TPSA) is 140 Å².